The van der Waals surface area contributed by atoms with Crippen LogP contribution < -0.4 is 9.47 Å². The van der Waals surface area contributed by atoms with Gasteiger partial charge in [0, 0.05) is 18.9 Å². The molecular formula is C46H72O4. The highest BCUT2D eigenvalue weighted by atomic mass is 16.5. The van der Waals surface area contributed by atoms with E-state index >= 15 is 0 Å². The number of hydrogen-bond donors (Lipinski definition) is 0. The zero-order chi connectivity index (χ0) is 35.7. The van der Waals surface area contributed by atoms with Crippen LogP contribution in [0.5, 0.6) is 11.5 Å². The van der Waals surface area contributed by atoms with Gasteiger partial charge in [-0.15, -0.1) is 0 Å². The molecule has 0 aliphatic carbocycles. The van der Waals surface area contributed by atoms with Crippen LogP contribution in [0.15, 0.2) is 48.5 Å². The molecule has 0 saturated carbocycles. The van der Waals surface area contributed by atoms with Gasteiger partial charge in [0.2, 0.25) is 0 Å². The Balaban J connectivity index is 1.70. The van der Waals surface area contributed by atoms with Crippen molar-refractivity contribution >= 4 is 24.1 Å². The molecule has 2 rings (SSSR count). The summed E-state index contributed by atoms with van der Waals surface area (Å²) in [6.07, 6.45) is 37.8. The minimum absolute atomic E-state index is 0.235. The van der Waals surface area contributed by atoms with Crippen molar-refractivity contribution in [1.29, 1.82) is 0 Å². The Hall–Kier alpha value is -2.88. The fraction of sp³-hybridized carbons (Fsp3) is 0.652. The predicted octanol–water partition coefficient (Wildman–Crippen LogP) is 14.6. The monoisotopic (exact) mass is 689 g/mol. The lowest BCUT2D eigenvalue weighted by atomic mass is 10.0. The van der Waals surface area contributed by atoms with Crippen LogP contribution in [0, 0.1) is 0 Å². The van der Waals surface area contributed by atoms with Crippen molar-refractivity contribution in [3.63, 3.8) is 0 Å². The second-order valence-corrected chi connectivity index (χ2v) is 14.4. The molecule has 0 saturated heterocycles. The van der Waals surface area contributed by atoms with E-state index in [4.69, 9.17) is 9.47 Å². The van der Waals surface area contributed by atoms with Crippen molar-refractivity contribution in [3.8, 4) is 11.5 Å². The van der Waals surface area contributed by atoms with Crippen molar-refractivity contribution in [1.82, 2.24) is 0 Å². The maximum atomic E-state index is 12.7. The van der Waals surface area contributed by atoms with Gasteiger partial charge < -0.3 is 9.47 Å². The van der Waals surface area contributed by atoms with Crippen LogP contribution in [0.25, 0.3) is 12.2 Å². The summed E-state index contributed by atoms with van der Waals surface area (Å²) in [6.45, 7) is 4.54. The van der Waals surface area contributed by atoms with E-state index in [1.807, 2.05) is 54.6 Å². The zero-order valence-corrected chi connectivity index (χ0v) is 32.2. The van der Waals surface area contributed by atoms with Crippen molar-refractivity contribution in [2.45, 2.75) is 194 Å². The summed E-state index contributed by atoms with van der Waals surface area (Å²) in [7, 11) is 0. The van der Waals surface area contributed by atoms with Crippen molar-refractivity contribution < 1.29 is 19.1 Å². The third-order valence-electron chi connectivity index (χ3n) is 9.60. The van der Waals surface area contributed by atoms with E-state index in [-0.39, 0.29) is 11.9 Å². The Morgan fingerprint density at radius 2 is 0.740 bits per heavy atom. The first-order valence-electron chi connectivity index (χ1n) is 20.9. The van der Waals surface area contributed by atoms with Gasteiger partial charge in [-0.25, -0.2) is 0 Å². The molecule has 0 atom stereocenters. The highest BCUT2D eigenvalue weighted by Crippen LogP contribution is 2.26. The number of esters is 2. The molecule has 0 unspecified atom stereocenters. The van der Waals surface area contributed by atoms with Crippen LogP contribution in [0.4, 0.5) is 0 Å². The molecule has 0 amide bonds. The molecule has 0 aliphatic rings. The minimum Gasteiger partial charge on any atom is -0.426 e. The van der Waals surface area contributed by atoms with Crippen LogP contribution in [0.1, 0.15) is 205 Å². The molecule has 2 aromatic rings. The van der Waals surface area contributed by atoms with E-state index in [2.05, 4.69) is 13.8 Å². The Labute approximate surface area is 307 Å². The fourth-order valence-electron chi connectivity index (χ4n) is 6.50. The number of carbonyl (C=O) groups excluding carboxylic acids is 2. The lowest BCUT2D eigenvalue weighted by molar-refractivity contribution is -0.135. The van der Waals surface area contributed by atoms with Crippen molar-refractivity contribution in [3.05, 3.63) is 59.7 Å². The highest BCUT2D eigenvalue weighted by Gasteiger charge is 2.11. The number of hydrogen-bond acceptors (Lipinski definition) is 4. The number of carbonyl (C=O) groups is 2. The second kappa shape index (κ2) is 30.9. The van der Waals surface area contributed by atoms with E-state index in [1.54, 1.807) is 6.07 Å². The summed E-state index contributed by atoms with van der Waals surface area (Å²) in [5, 5.41) is 0. The minimum atomic E-state index is -0.235. The first kappa shape index (κ1) is 43.3. The van der Waals surface area contributed by atoms with Gasteiger partial charge >= 0.3 is 11.9 Å². The topological polar surface area (TPSA) is 52.6 Å². The Bertz CT molecular complexity index is 1080. The quantitative estimate of drug-likeness (QED) is 0.0332. The Morgan fingerprint density at radius 1 is 0.420 bits per heavy atom. The van der Waals surface area contributed by atoms with Crippen LogP contribution >= 0.6 is 0 Å². The largest absolute Gasteiger partial charge is 0.426 e. The third-order valence-corrected chi connectivity index (χ3v) is 9.60. The summed E-state index contributed by atoms with van der Waals surface area (Å²) >= 11 is 0. The van der Waals surface area contributed by atoms with Crippen molar-refractivity contribution in [2.24, 2.45) is 0 Å². The third kappa shape index (κ3) is 24.3. The standard InChI is InChI=1S/C46H72O4/c1-3-5-7-9-11-13-15-17-19-21-23-25-30-34-45(47)49-43-38-42(37-36-41-32-28-27-29-33-41)39-44(40-43)50-46(48)35-31-26-24-22-20-18-16-14-12-10-8-6-4-2/h27-29,32-33,36-40H,3-26,30-31,34-35H2,1-2H3/b37-36+. The second-order valence-electron chi connectivity index (χ2n) is 14.4. The van der Waals surface area contributed by atoms with Crippen LogP contribution in [-0.4, -0.2) is 11.9 Å². The van der Waals surface area contributed by atoms with Gasteiger partial charge in [-0.3, -0.25) is 9.59 Å². The SMILES string of the molecule is CCCCCCCCCCCCCCCC(=O)Oc1cc(/C=C/c2ccccc2)cc(OC(=O)CCCCCCCCCCCCCCC)c1. The van der Waals surface area contributed by atoms with Gasteiger partial charge in [-0.1, -0.05) is 210 Å². The maximum absolute atomic E-state index is 12.7. The van der Waals surface area contributed by atoms with Gasteiger partial charge in [0.1, 0.15) is 11.5 Å². The highest BCUT2D eigenvalue weighted by molar-refractivity contribution is 5.76. The lowest BCUT2D eigenvalue weighted by Gasteiger charge is -2.10. The zero-order valence-electron chi connectivity index (χ0n) is 32.2. The van der Waals surface area contributed by atoms with Crippen molar-refractivity contribution in [2.75, 3.05) is 0 Å². The molecule has 4 heteroatoms. The van der Waals surface area contributed by atoms with Gasteiger partial charge in [0.15, 0.2) is 0 Å². The first-order valence-corrected chi connectivity index (χ1v) is 20.9. The van der Waals surface area contributed by atoms with Crippen LogP contribution in [-0.2, 0) is 9.59 Å². The molecule has 2 aromatic carbocycles. The van der Waals surface area contributed by atoms with E-state index in [0.717, 1.165) is 36.8 Å². The molecule has 0 fully saturated rings. The number of unbranched alkanes of at least 4 members (excludes halogenated alkanes) is 24. The van der Waals surface area contributed by atoms with Crippen LogP contribution in [0.2, 0.25) is 0 Å². The molecule has 0 heterocycles. The summed E-state index contributed by atoms with van der Waals surface area (Å²) < 4.78 is 11.5. The Morgan fingerprint density at radius 3 is 1.10 bits per heavy atom. The molecule has 4 nitrogen and oxygen atoms in total. The van der Waals surface area contributed by atoms with Gasteiger partial charge in [-0.05, 0) is 36.1 Å². The lowest BCUT2D eigenvalue weighted by Crippen LogP contribution is -2.10. The smallest absolute Gasteiger partial charge is 0.311 e. The van der Waals surface area contributed by atoms with E-state index in [1.165, 1.54) is 141 Å². The summed E-state index contributed by atoms with van der Waals surface area (Å²) in [6, 6.07) is 15.4. The van der Waals surface area contributed by atoms with Gasteiger partial charge in [0.25, 0.3) is 0 Å². The average molecular weight is 689 g/mol. The molecule has 50 heavy (non-hydrogen) atoms. The molecule has 0 radical (unpaired) electrons. The first-order chi connectivity index (χ1) is 24.6. The molecular weight excluding hydrogens is 617 g/mol. The molecule has 0 bridgehead atoms. The van der Waals surface area contributed by atoms with Crippen LogP contribution in [0.3, 0.4) is 0 Å². The van der Waals surface area contributed by atoms with Gasteiger partial charge in [-0.2, -0.15) is 0 Å². The van der Waals surface area contributed by atoms with E-state index in [9.17, 15) is 9.59 Å². The normalized spacial score (nSPS) is 11.3. The molecule has 0 N–H and O–H groups in total. The Kier molecular flexibility index (Phi) is 26.8. The molecule has 0 aromatic heterocycles. The maximum Gasteiger partial charge on any atom is 0.311 e. The number of rotatable bonds is 32. The summed E-state index contributed by atoms with van der Waals surface area (Å²) in [5.41, 5.74) is 1.89. The average Bonchev–Trinajstić information content (AvgIpc) is 3.11. The molecule has 280 valence electrons. The number of ether oxygens (including phenoxy) is 2. The molecule has 0 spiro atoms. The fourth-order valence-corrected chi connectivity index (χ4v) is 6.50. The predicted molar refractivity (Wildman–Crippen MR) is 214 cm³/mol. The molecule has 0 aliphatic heterocycles. The van der Waals surface area contributed by atoms with Gasteiger partial charge in [0.05, 0.1) is 0 Å². The van der Waals surface area contributed by atoms with E-state index < -0.39 is 0 Å². The van der Waals surface area contributed by atoms with E-state index in [0.29, 0.717) is 24.3 Å². The summed E-state index contributed by atoms with van der Waals surface area (Å²) in [5.74, 6) is 0.371. The summed E-state index contributed by atoms with van der Waals surface area (Å²) in [4.78, 5) is 25.5. The number of benzene rings is 2.